The summed E-state index contributed by atoms with van der Waals surface area (Å²) in [5.41, 5.74) is 1.94. The van der Waals surface area contributed by atoms with Crippen LogP contribution in [0.15, 0.2) is 12.3 Å². The third kappa shape index (κ3) is 3.64. The van der Waals surface area contributed by atoms with Gasteiger partial charge in [0.2, 0.25) is 0 Å². The molecule has 0 atom stereocenters. The lowest BCUT2D eigenvalue weighted by molar-refractivity contribution is 0.0525. The Bertz CT molecular complexity index is 891. The zero-order valence-corrected chi connectivity index (χ0v) is 16.0. The highest BCUT2D eigenvalue weighted by molar-refractivity contribution is 6.06. The SMILES string of the molecule is CCOC(=O)c1c(C)[nH]c(C(=O)Nc2cc(C#N)cn2C(C)(C)C)c1C. The Morgan fingerprint density at radius 2 is 2.00 bits per heavy atom. The Balaban J connectivity index is 2.38. The van der Waals surface area contributed by atoms with Gasteiger partial charge < -0.3 is 19.6 Å². The average molecular weight is 356 g/mol. The van der Waals surface area contributed by atoms with E-state index in [0.29, 0.717) is 33.9 Å². The number of H-pyrrole nitrogens is 1. The van der Waals surface area contributed by atoms with Gasteiger partial charge in [-0.3, -0.25) is 4.79 Å². The van der Waals surface area contributed by atoms with Crippen molar-refractivity contribution in [3.63, 3.8) is 0 Å². The minimum absolute atomic E-state index is 0.264. The molecular formula is C19H24N4O3. The second kappa shape index (κ2) is 7.08. The largest absolute Gasteiger partial charge is 0.462 e. The number of carbonyl (C=O) groups is 2. The molecule has 7 nitrogen and oxygen atoms in total. The van der Waals surface area contributed by atoms with E-state index in [0.717, 1.165) is 0 Å². The number of nitriles is 1. The van der Waals surface area contributed by atoms with Crippen molar-refractivity contribution in [1.29, 1.82) is 5.26 Å². The van der Waals surface area contributed by atoms with Crippen LogP contribution in [0.2, 0.25) is 0 Å². The van der Waals surface area contributed by atoms with Crippen molar-refractivity contribution in [3.05, 3.63) is 40.3 Å². The molecule has 0 bridgehead atoms. The van der Waals surface area contributed by atoms with Crippen molar-refractivity contribution in [1.82, 2.24) is 9.55 Å². The van der Waals surface area contributed by atoms with Crippen LogP contribution in [0.1, 0.15) is 65.4 Å². The number of amides is 1. The van der Waals surface area contributed by atoms with Crippen LogP contribution in [0.25, 0.3) is 0 Å². The number of aromatic amines is 1. The summed E-state index contributed by atoms with van der Waals surface area (Å²) in [6.07, 6.45) is 1.70. The minimum Gasteiger partial charge on any atom is -0.462 e. The Kier molecular flexibility index (Phi) is 5.26. The van der Waals surface area contributed by atoms with Gasteiger partial charge in [0.15, 0.2) is 0 Å². The Morgan fingerprint density at radius 3 is 2.54 bits per heavy atom. The van der Waals surface area contributed by atoms with Gasteiger partial charge in [0.05, 0.1) is 17.7 Å². The fourth-order valence-corrected chi connectivity index (χ4v) is 2.84. The van der Waals surface area contributed by atoms with E-state index in [9.17, 15) is 9.59 Å². The number of aromatic nitrogens is 2. The van der Waals surface area contributed by atoms with Gasteiger partial charge in [-0.15, -0.1) is 0 Å². The van der Waals surface area contributed by atoms with Crippen LogP contribution in [0, 0.1) is 25.2 Å². The molecule has 0 saturated heterocycles. The normalized spacial score (nSPS) is 11.1. The molecule has 0 aromatic carbocycles. The van der Waals surface area contributed by atoms with Gasteiger partial charge in [-0.2, -0.15) is 5.26 Å². The molecule has 2 aromatic heterocycles. The number of esters is 1. The lowest BCUT2D eigenvalue weighted by Crippen LogP contribution is -2.25. The molecule has 7 heteroatoms. The van der Waals surface area contributed by atoms with Crippen molar-refractivity contribution in [2.75, 3.05) is 11.9 Å². The van der Waals surface area contributed by atoms with Crippen molar-refractivity contribution < 1.29 is 14.3 Å². The molecule has 2 aromatic rings. The molecule has 0 aliphatic carbocycles. The molecule has 2 rings (SSSR count). The highest BCUT2D eigenvalue weighted by atomic mass is 16.5. The van der Waals surface area contributed by atoms with E-state index < -0.39 is 5.97 Å². The zero-order valence-electron chi connectivity index (χ0n) is 16.0. The number of carbonyl (C=O) groups excluding carboxylic acids is 2. The molecule has 2 heterocycles. The number of hydrogen-bond acceptors (Lipinski definition) is 4. The summed E-state index contributed by atoms with van der Waals surface area (Å²) < 4.78 is 6.89. The lowest BCUT2D eigenvalue weighted by Gasteiger charge is -2.24. The molecule has 0 unspecified atom stereocenters. The van der Waals surface area contributed by atoms with Crippen LogP contribution < -0.4 is 5.32 Å². The topological polar surface area (TPSA) is 99.9 Å². The first-order valence-electron chi connectivity index (χ1n) is 8.40. The van der Waals surface area contributed by atoms with E-state index in [1.54, 1.807) is 33.0 Å². The Labute approximate surface area is 153 Å². The van der Waals surface area contributed by atoms with Crippen LogP contribution in [0.4, 0.5) is 5.82 Å². The van der Waals surface area contributed by atoms with Crippen molar-refractivity contribution in [2.24, 2.45) is 0 Å². The van der Waals surface area contributed by atoms with Gasteiger partial charge in [0, 0.05) is 17.4 Å². The molecule has 0 saturated carbocycles. The number of nitrogens with one attached hydrogen (secondary N) is 2. The number of anilines is 1. The second-order valence-corrected chi connectivity index (χ2v) is 7.07. The lowest BCUT2D eigenvalue weighted by atomic mass is 10.1. The molecule has 0 radical (unpaired) electrons. The van der Waals surface area contributed by atoms with Gasteiger partial charge in [-0.1, -0.05) is 0 Å². The van der Waals surface area contributed by atoms with E-state index in [1.165, 1.54) is 0 Å². The van der Waals surface area contributed by atoms with Gasteiger partial charge in [-0.05, 0) is 53.2 Å². The molecule has 0 aliphatic heterocycles. The summed E-state index contributed by atoms with van der Waals surface area (Å²) in [6.45, 7) is 11.4. The van der Waals surface area contributed by atoms with Gasteiger partial charge in [0.25, 0.3) is 5.91 Å². The third-order valence-corrected chi connectivity index (χ3v) is 4.06. The first-order chi connectivity index (χ1) is 12.1. The van der Waals surface area contributed by atoms with E-state index in [-0.39, 0.29) is 18.1 Å². The van der Waals surface area contributed by atoms with Gasteiger partial charge >= 0.3 is 5.97 Å². The van der Waals surface area contributed by atoms with Crippen LogP contribution in [0.3, 0.4) is 0 Å². The summed E-state index contributed by atoms with van der Waals surface area (Å²) in [6, 6.07) is 3.71. The van der Waals surface area contributed by atoms with E-state index >= 15 is 0 Å². The zero-order chi connectivity index (χ0) is 19.6. The molecule has 2 N–H and O–H groups in total. The smallest absolute Gasteiger partial charge is 0.340 e. The monoisotopic (exact) mass is 356 g/mol. The van der Waals surface area contributed by atoms with Crippen LogP contribution in [-0.4, -0.2) is 28.0 Å². The molecule has 26 heavy (non-hydrogen) atoms. The molecule has 0 spiro atoms. The van der Waals surface area contributed by atoms with E-state index in [4.69, 9.17) is 10.00 Å². The maximum atomic E-state index is 12.8. The minimum atomic E-state index is -0.456. The highest BCUT2D eigenvalue weighted by Crippen LogP contribution is 2.25. The maximum Gasteiger partial charge on any atom is 0.340 e. The van der Waals surface area contributed by atoms with Crippen LogP contribution in [-0.2, 0) is 10.3 Å². The predicted octanol–water partition coefficient (Wildman–Crippen LogP) is 3.49. The summed E-state index contributed by atoms with van der Waals surface area (Å²) in [7, 11) is 0. The third-order valence-electron chi connectivity index (χ3n) is 4.06. The predicted molar refractivity (Wildman–Crippen MR) is 98.3 cm³/mol. The first-order valence-corrected chi connectivity index (χ1v) is 8.40. The van der Waals surface area contributed by atoms with Gasteiger partial charge in [-0.25, -0.2) is 4.79 Å². The summed E-state index contributed by atoms with van der Waals surface area (Å²) in [5.74, 6) is -0.319. The first kappa shape index (κ1) is 19.3. The summed E-state index contributed by atoms with van der Waals surface area (Å²) in [4.78, 5) is 27.8. The van der Waals surface area contributed by atoms with Crippen LogP contribution >= 0.6 is 0 Å². The van der Waals surface area contributed by atoms with Crippen LogP contribution in [0.5, 0.6) is 0 Å². The number of rotatable bonds is 4. The number of nitrogens with zero attached hydrogens (tertiary/aromatic N) is 2. The Morgan fingerprint density at radius 1 is 1.35 bits per heavy atom. The molecule has 1 amide bonds. The van der Waals surface area contributed by atoms with Crippen molar-refractivity contribution in [2.45, 2.75) is 47.1 Å². The van der Waals surface area contributed by atoms with E-state index in [2.05, 4.69) is 16.4 Å². The number of aryl methyl sites for hydroxylation is 1. The highest BCUT2D eigenvalue weighted by Gasteiger charge is 2.25. The fraction of sp³-hybridized carbons (Fsp3) is 0.421. The quantitative estimate of drug-likeness (QED) is 0.819. The average Bonchev–Trinajstić information content (AvgIpc) is 3.08. The fourth-order valence-electron chi connectivity index (χ4n) is 2.84. The number of ether oxygens (including phenoxy) is 1. The summed E-state index contributed by atoms with van der Waals surface area (Å²) >= 11 is 0. The second-order valence-electron chi connectivity index (χ2n) is 7.07. The molecule has 0 aliphatic rings. The number of hydrogen-bond donors (Lipinski definition) is 2. The van der Waals surface area contributed by atoms with E-state index in [1.807, 2.05) is 25.3 Å². The Hall–Kier alpha value is -3.01. The maximum absolute atomic E-state index is 12.8. The van der Waals surface area contributed by atoms with Gasteiger partial charge in [0.1, 0.15) is 17.6 Å². The summed E-state index contributed by atoms with van der Waals surface area (Å²) in [5, 5.41) is 12.0. The molecular weight excluding hydrogens is 332 g/mol. The van der Waals surface area contributed by atoms with Crippen molar-refractivity contribution >= 4 is 17.7 Å². The molecule has 0 fully saturated rings. The standard InChI is InChI=1S/C19H24N4O3/c1-7-26-18(25)15-11(2)16(21-12(15)3)17(24)22-14-8-13(9-20)10-23(14)19(4,5)6/h8,10,21H,7H2,1-6H3,(H,22,24). The van der Waals surface area contributed by atoms with Crippen molar-refractivity contribution in [3.8, 4) is 6.07 Å². The molecule has 138 valence electrons.